The lowest BCUT2D eigenvalue weighted by Crippen LogP contribution is -2.33. The van der Waals surface area contributed by atoms with E-state index in [0.29, 0.717) is 13.1 Å². The van der Waals surface area contributed by atoms with Crippen molar-refractivity contribution in [3.63, 3.8) is 0 Å². The molecule has 0 bridgehead atoms. The maximum absolute atomic E-state index is 11.6. The Bertz CT molecular complexity index is 285. The van der Waals surface area contributed by atoms with Gasteiger partial charge in [0.1, 0.15) is 0 Å². The molecule has 5 heteroatoms. The van der Waals surface area contributed by atoms with Gasteiger partial charge in [-0.2, -0.15) is 0 Å². The highest BCUT2D eigenvalue weighted by atomic mass is 32.2. The smallest absolute Gasteiger partial charge is 0.212 e. The lowest BCUT2D eigenvalue weighted by Gasteiger charge is -2.10. The van der Waals surface area contributed by atoms with Gasteiger partial charge in [0.25, 0.3) is 0 Å². The van der Waals surface area contributed by atoms with Crippen LogP contribution in [0.15, 0.2) is 0 Å². The van der Waals surface area contributed by atoms with Crippen molar-refractivity contribution in [3.05, 3.63) is 0 Å². The quantitative estimate of drug-likeness (QED) is 0.619. The van der Waals surface area contributed by atoms with Gasteiger partial charge in [-0.25, -0.2) is 13.1 Å². The first-order chi connectivity index (χ1) is 8.14. The van der Waals surface area contributed by atoms with Crippen molar-refractivity contribution >= 4 is 10.0 Å². The molecule has 17 heavy (non-hydrogen) atoms. The summed E-state index contributed by atoms with van der Waals surface area (Å²) < 4.78 is 25.9. The van der Waals surface area contributed by atoms with Gasteiger partial charge < -0.3 is 5.32 Å². The van der Waals surface area contributed by atoms with Crippen LogP contribution in [0.25, 0.3) is 0 Å². The van der Waals surface area contributed by atoms with Crippen LogP contribution in [-0.2, 0) is 10.0 Å². The second-order valence-corrected chi connectivity index (χ2v) is 6.83. The zero-order chi connectivity index (χ0) is 12.6. The molecule has 1 aliphatic rings. The molecule has 0 saturated heterocycles. The Morgan fingerprint density at radius 1 is 1.12 bits per heavy atom. The van der Waals surface area contributed by atoms with Gasteiger partial charge >= 0.3 is 0 Å². The normalized spacial score (nSPS) is 17.7. The van der Waals surface area contributed by atoms with Crippen LogP contribution in [0.4, 0.5) is 0 Å². The molecule has 0 unspecified atom stereocenters. The highest BCUT2D eigenvalue weighted by Crippen LogP contribution is 2.26. The third-order valence-electron chi connectivity index (χ3n) is 3.32. The fourth-order valence-corrected chi connectivity index (χ4v) is 3.28. The minimum absolute atomic E-state index is 0.192. The van der Waals surface area contributed by atoms with E-state index in [4.69, 9.17) is 0 Å². The van der Waals surface area contributed by atoms with Crippen LogP contribution in [0.5, 0.6) is 0 Å². The molecule has 0 aromatic rings. The van der Waals surface area contributed by atoms with E-state index in [2.05, 4.69) is 17.0 Å². The zero-order valence-electron chi connectivity index (χ0n) is 10.9. The maximum Gasteiger partial charge on any atom is 0.212 e. The third kappa shape index (κ3) is 7.01. The molecule has 102 valence electrons. The van der Waals surface area contributed by atoms with Crippen molar-refractivity contribution < 1.29 is 8.42 Å². The van der Waals surface area contributed by atoms with E-state index in [1.165, 1.54) is 25.7 Å². The fraction of sp³-hybridized carbons (Fsp3) is 1.00. The van der Waals surface area contributed by atoms with Crippen LogP contribution < -0.4 is 10.0 Å². The Morgan fingerprint density at radius 3 is 2.47 bits per heavy atom. The van der Waals surface area contributed by atoms with Crippen molar-refractivity contribution in [1.82, 2.24) is 10.0 Å². The van der Waals surface area contributed by atoms with E-state index in [1.807, 2.05) is 0 Å². The van der Waals surface area contributed by atoms with Gasteiger partial charge in [-0.3, -0.25) is 0 Å². The number of sulfonamides is 1. The molecule has 1 fully saturated rings. The zero-order valence-corrected chi connectivity index (χ0v) is 11.7. The first-order valence-corrected chi connectivity index (χ1v) is 8.47. The molecule has 0 aromatic carbocycles. The van der Waals surface area contributed by atoms with E-state index in [-0.39, 0.29) is 5.75 Å². The Kier molecular flexibility index (Phi) is 7.08. The average molecular weight is 262 g/mol. The van der Waals surface area contributed by atoms with E-state index < -0.39 is 10.0 Å². The van der Waals surface area contributed by atoms with Gasteiger partial charge in [0.2, 0.25) is 10.0 Å². The topological polar surface area (TPSA) is 58.2 Å². The molecule has 0 aromatic heterocycles. The summed E-state index contributed by atoms with van der Waals surface area (Å²) in [6.07, 6.45) is 7.23. The summed E-state index contributed by atoms with van der Waals surface area (Å²) in [5, 5.41) is 3.10. The van der Waals surface area contributed by atoms with Gasteiger partial charge in [0.15, 0.2) is 0 Å². The Labute approximate surface area is 106 Å². The summed E-state index contributed by atoms with van der Waals surface area (Å²) in [6.45, 7) is 4.12. The molecule has 0 amide bonds. The second kappa shape index (κ2) is 8.06. The molecule has 0 spiro atoms. The standard InChI is InChI=1S/C12H26N2O2S/c1-2-8-13-10-11-17(15,16)14-9-7-12-5-3-4-6-12/h12-14H,2-11H2,1H3. The lowest BCUT2D eigenvalue weighted by atomic mass is 10.1. The van der Waals surface area contributed by atoms with Gasteiger partial charge in [0.05, 0.1) is 5.75 Å². The minimum atomic E-state index is -3.07. The summed E-state index contributed by atoms with van der Waals surface area (Å²) in [5.74, 6) is 0.938. The van der Waals surface area contributed by atoms with Gasteiger partial charge in [0, 0.05) is 13.1 Å². The molecule has 1 rings (SSSR count). The summed E-state index contributed by atoms with van der Waals surface area (Å²) in [7, 11) is -3.07. The molecule has 0 atom stereocenters. The highest BCUT2D eigenvalue weighted by Gasteiger charge is 2.16. The monoisotopic (exact) mass is 262 g/mol. The molecule has 0 radical (unpaired) electrons. The van der Waals surface area contributed by atoms with Crippen molar-refractivity contribution in [2.45, 2.75) is 45.4 Å². The van der Waals surface area contributed by atoms with E-state index in [1.54, 1.807) is 0 Å². The predicted molar refractivity (Wildman–Crippen MR) is 71.5 cm³/mol. The van der Waals surface area contributed by atoms with E-state index >= 15 is 0 Å². The van der Waals surface area contributed by atoms with E-state index in [9.17, 15) is 8.42 Å². The van der Waals surface area contributed by atoms with Crippen LogP contribution in [0.1, 0.15) is 45.4 Å². The number of hydrogen-bond donors (Lipinski definition) is 2. The van der Waals surface area contributed by atoms with Crippen LogP contribution in [0, 0.1) is 5.92 Å². The Morgan fingerprint density at radius 2 is 1.82 bits per heavy atom. The largest absolute Gasteiger partial charge is 0.316 e. The van der Waals surface area contributed by atoms with Crippen molar-refractivity contribution in [3.8, 4) is 0 Å². The molecule has 2 N–H and O–H groups in total. The van der Waals surface area contributed by atoms with E-state index in [0.717, 1.165) is 25.3 Å². The molecular weight excluding hydrogens is 236 g/mol. The highest BCUT2D eigenvalue weighted by molar-refractivity contribution is 7.89. The molecule has 1 saturated carbocycles. The predicted octanol–water partition coefficient (Wildman–Crippen LogP) is 1.49. The second-order valence-electron chi connectivity index (χ2n) is 4.90. The Hall–Kier alpha value is -0.130. The lowest BCUT2D eigenvalue weighted by molar-refractivity contribution is 0.495. The summed E-state index contributed by atoms with van der Waals surface area (Å²) >= 11 is 0. The van der Waals surface area contributed by atoms with Gasteiger partial charge in [-0.1, -0.05) is 32.6 Å². The van der Waals surface area contributed by atoms with Crippen LogP contribution in [-0.4, -0.2) is 33.8 Å². The summed E-state index contributed by atoms with van der Waals surface area (Å²) in [5.41, 5.74) is 0. The summed E-state index contributed by atoms with van der Waals surface area (Å²) in [4.78, 5) is 0. The number of rotatable bonds is 9. The van der Waals surface area contributed by atoms with Gasteiger partial charge in [-0.15, -0.1) is 0 Å². The third-order valence-corrected chi connectivity index (χ3v) is 4.71. The number of nitrogens with one attached hydrogen (secondary N) is 2. The minimum Gasteiger partial charge on any atom is -0.316 e. The first kappa shape index (κ1) is 14.9. The van der Waals surface area contributed by atoms with Crippen LogP contribution in [0.3, 0.4) is 0 Å². The first-order valence-electron chi connectivity index (χ1n) is 6.82. The molecule has 0 heterocycles. The van der Waals surface area contributed by atoms with Crippen molar-refractivity contribution in [1.29, 1.82) is 0 Å². The molecular formula is C12H26N2O2S. The van der Waals surface area contributed by atoms with Crippen molar-refractivity contribution in [2.24, 2.45) is 5.92 Å². The molecule has 0 aliphatic heterocycles. The van der Waals surface area contributed by atoms with Crippen molar-refractivity contribution in [2.75, 3.05) is 25.4 Å². The molecule has 1 aliphatic carbocycles. The fourth-order valence-electron chi connectivity index (χ4n) is 2.30. The Balaban J connectivity index is 2.06. The maximum atomic E-state index is 11.6. The van der Waals surface area contributed by atoms with Crippen LogP contribution >= 0.6 is 0 Å². The SMILES string of the molecule is CCCNCCS(=O)(=O)NCCC1CCCC1. The number of hydrogen-bond acceptors (Lipinski definition) is 3. The summed E-state index contributed by atoms with van der Waals surface area (Å²) in [6, 6.07) is 0. The molecule has 4 nitrogen and oxygen atoms in total. The van der Waals surface area contributed by atoms with Gasteiger partial charge in [-0.05, 0) is 25.3 Å². The average Bonchev–Trinajstić information content (AvgIpc) is 2.77. The van der Waals surface area contributed by atoms with Crippen LogP contribution in [0.2, 0.25) is 0 Å².